The molecule has 1 aliphatic carbocycles. The largest absolute Gasteiger partial charge is 0.494 e. The van der Waals surface area contributed by atoms with Crippen molar-refractivity contribution in [3.8, 4) is 11.5 Å². The summed E-state index contributed by atoms with van der Waals surface area (Å²) in [6.45, 7) is 2.02. The number of esters is 2. The molecule has 0 saturated heterocycles. The van der Waals surface area contributed by atoms with Gasteiger partial charge in [-0.2, -0.15) is 13.2 Å². The molecule has 1 aliphatic rings. The van der Waals surface area contributed by atoms with E-state index < -0.39 is 35.1 Å². The van der Waals surface area contributed by atoms with Crippen molar-refractivity contribution < 1.29 is 41.7 Å². The molecule has 0 amide bonds. The lowest BCUT2D eigenvalue weighted by atomic mass is 9.93. The van der Waals surface area contributed by atoms with Gasteiger partial charge in [0.15, 0.2) is 0 Å². The average molecular weight is 518 g/mol. The maximum atomic E-state index is 13.1. The topological polar surface area (TPSA) is 84.0 Å². The zero-order valence-corrected chi connectivity index (χ0v) is 20.6. The first kappa shape index (κ1) is 26.2. The van der Waals surface area contributed by atoms with Crippen molar-refractivity contribution in [3.63, 3.8) is 0 Å². The zero-order chi connectivity index (χ0) is 26.8. The Morgan fingerprint density at radius 1 is 1.05 bits per heavy atom. The zero-order valence-electron chi connectivity index (χ0n) is 20.6. The van der Waals surface area contributed by atoms with Gasteiger partial charge in [0, 0.05) is 5.39 Å². The molecule has 2 aromatic carbocycles. The first-order valence-electron chi connectivity index (χ1n) is 11.6. The summed E-state index contributed by atoms with van der Waals surface area (Å²) in [5, 5.41) is 0.489. The van der Waals surface area contributed by atoms with Crippen molar-refractivity contribution >= 4 is 22.8 Å². The monoisotopic (exact) mass is 517 g/mol. The van der Waals surface area contributed by atoms with Crippen LogP contribution in [-0.4, -0.2) is 37.7 Å². The molecule has 1 saturated carbocycles. The minimum absolute atomic E-state index is 0.0874. The van der Waals surface area contributed by atoms with Crippen LogP contribution in [0.5, 0.6) is 11.5 Å². The van der Waals surface area contributed by atoms with E-state index in [9.17, 15) is 22.8 Å². The number of hydrogen-bond donors (Lipinski definition) is 0. The van der Waals surface area contributed by atoms with E-state index in [1.807, 2.05) is 0 Å². The van der Waals surface area contributed by atoms with Gasteiger partial charge in [0.2, 0.25) is 0 Å². The van der Waals surface area contributed by atoms with Crippen molar-refractivity contribution in [1.82, 2.24) is 4.98 Å². The Balaban J connectivity index is 1.49. The third-order valence-electron chi connectivity index (χ3n) is 6.50. The van der Waals surface area contributed by atoms with Crippen molar-refractivity contribution in [2.75, 3.05) is 20.8 Å². The van der Waals surface area contributed by atoms with E-state index >= 15 is 0 Å². The van der Waals surface area contributed by atoms with Gasteiger partial charge < -0.3 is 18.9 Å². The number of pyridine rings is 1. The highest BCUT2D eigenvalue weighted by atomic mass is 19.4. The number of carbonyl (C=O) groups excluding carboxylic acids is 2. The third kappa shape index (κ3) is 5.33. The second-order valence-electron chi connectivity index (χ2n) is 8.78. The molecule has 2 unspecified atom stereocenters. The number of aromatic nitrogens is 1. The molecule has 3 aromatic rings. The Hall–Kier alpha value is -3.82. The minimum Gasteiger partial charge on any atom is -0.494 e. The van der Waals surface area contributed by atoms with Crippen LogP contribution >= 0.6 is 0 Å². The lowest BCUT2D eigenvalue weighted by molar-refractivity contribution is -0.154. The number of alkyl halides is 3. The fourth-order valence-electron chi connectivity index (χ4n) is 4.45. The average Bonchev–Trinajstić information content (AvgIpc) is 3.62. The summed E-state index contributed by atoms with van der Waals surface area (Å²) >= 11 is 0. The number of nitrogens with zero attached hydrogens (tertiary/aromatic N) is 1. The van der Waals surface area contributed by atoms with E-state index in [1.54, 1.807) is 43.3 Å². The van der Waals surface area contributed by atoms with Gasteiger partial charge in [-0.25, -0.2) is 4.98 Å². The van der Waals surface area contributed by atoms with Crippen molar-refractivity contribution in [2.24, 2.45) is 11.3 Å². The van der Waals surface area contributed by atoms with Crippen LogP contribution in [0.3, 0.4) is 0 Å². The SMILES string of the molecule is CCOC(=O)C1(Cc2ccc(OCc3ccc(OC)c4nc(C(F)(F)F)ccc34)cc2)CC1C(=O)OC. The van der Waals surface area contributed by atoms with Crippen molar-refractivity contribution in [2.45, 2.75) is 32.5 Å². The van der Waals surface area contributed by atoms with E-state index in [0.717, 1.165) is 11.6 Å². The maximum absolute atomic E-state index is 13.1. The summed E-state index contributed by atoms with van der Waals surface area (Å²) in [5.74, 6) is -0.633. The smallest absolute Gasteiger partial charge is 0.433 e. The molecule has 10 heteroatoms. The van der Waals surface area contributed by atoms with E-state index in [2.05, 4.69) is 4.98 Å². The molecule has 196 valence electrons. The highest BCUT2D eigenvalue weighted by molar-refractivity contribution is 5.91. The number of halogens is 3. The van der Waals surface area contributed by atoms with Crippen LogP contribution in [0.4, 0.5) is 13.2 Å². The molecule has 1 aromatic heterocycles. The molecule has 37 heavy (non-hydrogen) atoms. The molecule has 0 bridgehead atoms. The molecule has 0 radical (unpaired) electrons. The standard InChI is InChI=1S/C27H26F3NO6/c1-4-36-25(33)26(14-20(26)24(32)35-3)13-16-5-8-18(9-6-16)37-15-17-7-11-21(34-2)23-19(17)10-12-22(31-23)27(28,29)30/h5-12,20H,4,13-15H2,1-3H3. The molecule has 0 N–H and O–H groups in total. The van der Waals surface area contributed by atoms with Gasteiger partial charge in [0.1, 0.15) is 29.3 Å². The number of carbonyl (C=O) groups is 2. The molecule has 4 rings (SSSR count). The van der Waals surface area contributed by atoms with Gasteiger partial charge in [-0.15, -0.1) is 0 Å². The molecule has 0 aliphatic heterocycles. The number of fused-ring (bicyclic) bond motifs is 1. The summed E-state index contributed by atoms with van der Waals surface area (Å²) in [5.41, 5.74) is -0.373. The third-order valence-corrected chi connectivity index (χ3v) is 6.50. The first-order chi connectivity index (χ1) is 17.6. The van der Waals surface area contributed by atoms with Gasteiger partial charge in [-0.1, -0.05) is 24.3 Å². The van der Waals surface area contributed by atoms with Crippen LogP contribution in [0.15, 0.2) is 48.5 Å². The van der Waals surface area contributed by atoms with Gasteiger partial charge in [-0.3, -0.25) is 9.59 Å². The minimum atomic E-state index is -4.57. The van der Waals surface area contributed by atoms with Gasteiger partial charge in [0.25, 0.3) is 0 Å². The normalized spacial score (nSPS) is 18.8. The van der Waals surface area contributed by atoms with E-state index in [-0.39, 0.29) is 24.5 Å². The van der Waals surface area contributed by atoms with Crippen LogP contribution in [-0.2, 0) is 38.3 Å². The molecular formula is C27H26F3NO6. The number of ether oxygens (including phenoxy) is 4. The van der Waals surface area contributed by atoms with Crippen LogP contribution in [0.2, 0.25) is 0 Å². The molecular weight excluding hydrogens is 491 g/mol. The van der Waals surface area contributed by atoms with Crippen molar-refractivity contribution in [1.29, 1.82) is 0 Å². The predicted octanol–water partition coefficient (Wildman–Crippen LogP) is 5.13. The first-order valence-corrected chi connectivity index (χ1v) is 11.6. The molecule has 2 atom stereocenters. The number of methoxy groups -OCH3 is 2. The molecule has 0 spiro atoms. The number of benzene rings is 2. The van der Waals surface area contributed by atoms with Crippen LogP contribution < -0.4 is 9.47 Å². The lowest BCUT2D eigenvalue weighted by Gasteiger charge is -2.16. The highest BCUT2D eigenvalue weighted by Gasteiger charge is 2.65. The second-order valence-corrected chi connectivity index (χ2v) is 8.78. The summed E-state index contributed by atoms with van der Waals surface area (Å²) in [7, 11) is 2.66. The summed E-state index contributed by atoms with van der Waals surface area (Å²) in [4.78, 5) is 28.4. The van der Waals surface area contributed by atoms with Crippen LogP contribution in [0.1, 0.15) is 30.2 Å². The maximum Gasteiger partial charge on any atom is 0.433 e. The molecule has 1 fully saturated rings. The number of hydrogen-bond acceptors (Lipinski definition) is 7. The predicted molar refractivity (Wildman–Crippen MR) is 127 cm³/mol. The Bertz CT molecular complexity index is 1310. The highest BCUT2D eigenvalue weighted by Crippen LogP contribution is 2.56. The van der Waals surface area contributed by atoms with Crippen molar-refractivity contribution in [3.05, 3.63) is 65.4 Å². The summed E-state index contributed by atoms with van der Waals surface area (Å²) < 4.78 is 60.5. The lowest BCUT2D eigenvalue weighted by Crippen LogP contribution is -2.26. The Morgan fingerprint density at radius 2 is 1.78 bits per heavy atom. The quantitative estimate of drug-likeness (QED) is 0.364. The van der Waals surface area contributed by atoms with Crippen LogP contribution in [0.25, 0.3) is 10.9 Å². The fourth-order valence-corrected chi connectivity index (χ4v) is 4.45. The second kappa shape index (κ2) is 10.3. The Labute approximate surface area is 211 Å². The van der Waals surface area contributed by atoms with E-state index in [1.165, 1.54) is 20.3 Å². The Morgan fingerprint density at radius 3 is 2.41 bits per heavy atom. The van der Waals surface area contributed by atoms with Gasteiger partial charge in [0.05, 0.1) is 32.2 Å². The summed E-state index contributed by atoms with van der Waals surface area (Å²) in [6.07, 6.45) is -3.88. The molecule has 7 nitrogen and oxygen atoms in total. The van der Waals surface area contributed by atoms with E-state index in [4.69, 9.17) is 18.9 Å². The Kier molecular flexibility index (Phi) is 7.29. The molecule has 1 heterocycles. The van der Waals surface area contributed by atoms with Gasteiger partial charge in [-0.05, 0) is 55.2 Å². The number of rotatable bonds is 9. The fraction of sp³-hybridized carbons (Fsp3) is 0.370. The van der Waals surface area contributed by atoms with Gasteiger partial charge >= 0.3 is 18.1 Å². The van der Waals surface area contributed by atoms with E-state index in [0.29, 0.717) is 29.5 Å². The van der Waals surface area contributed by atoms with Crippen LogP contribution in [0, 0.1) is 11.3 Å². The summed E-state index contributed by atoms with van der Waals surface area (Å²) in [6, 6.07) is 12.6.